The van der Waals surface area contributed by atoms with Crippen LogP contribution in [0.5, 0.6) is 0 Å². The molecule has 3 nitrogen and oxygen atoms in total. The summed E-state index contributed by atoms with van der Waals surface area (Å²) in [6.07, 6.45) is 0. The third-order valence-electron chi connectivity index (χ3n) is 3.13. The summed E-state index contributed by atoms with van der Waals surface area (Å²) >= 11 is 11.1. The molecule has 1 aromatic carbocycles. The lowest BCUT2D eigenvalue weighted by Gasteiger charge is -2.11. The van der Waals surface area contributed by atoms with Crippen molar-refractivity contribution < 1.29 is 9.53 Å². The average Bonchev–Trinajstić information content (AvgIpc) is 2.78. The van der Waals surface area contributed by atoms with Crippen LogP contribution in [0.1, 0.15) is 35.0 Å². The van der Waals surface area contributed by atoms with Crippen LogP contribution in [0.3, 0.4) is 0 Å². The average molecular weight is 389 g/mol. The van der Waals surface area contributed by atoms with Crippen molar-refractivity contribution in [2.75, 3.05) is 12.8 Å². The maximum Gasteiger partial charge on any atom is 0.350 e. The molecule has 0 saturated carbocycles. The molecule has 1 heterocycles. The predicted octanol–water partition coefficient (Wildman–Crippen LogP) is 5.32. The van der Waals surface area contributed by atoms with Gasteiger partial charge in [0.25, 0.3) is 0 Å². The van der Waals surface area contributed by atoms with E-state index in [1.807, 2.05) is 32.0 Å². The molecular weight excluding hydrogens is 374 g/mol. The van der Waals surface area contributed by atoms with E-state index in [0.717, 1.165) is 20.5 Å². The van der Waals surface area contributed by atoms with E-state index in [4.69, 9.17) is 22.1 Å². The Morgan fingerprint density at radius 1 is 1.43 bits per heavy atom. The Labute approximate surface area is 141 Å². The molecule has 2 aromatic rings. The molecule has 0 aliphatic rings. The SMILES string of the molecule is COC(=O)c1sc(-c2cccc(Br)c2Cl)c(C(C)C)c1N. The van der Waals surface area contributed by atoms with Gasteiger partial charge in [-0.15, -0.1) is 11.3 Å². The fourth-order valence-electron chi connectivity index (χ4n) is 2.15. The van der Waals surface area contributed by atoms with Crippen molar-refractivity contribution in [3.8, 4) is 10.4 Å². The molecule has 2 N–H and O–H groups in total. The number of hydrogen-bond acceptors (Lipinski definition) is 4. The second kappa shape index (κ2) is 6.38. The highest BCUT2D eigenvalue weighted by atomic mass is 79.9. The van der Waals surface area contributed by atoms with Crippen LogP contribution in [0, 0.1) is 0 Å². The van der Waals surface area contributed by atoms with Gasteiger partial charge in [0.2, 0.25) is 0 Å². The van der Waals surface area contributed by atoms with Gasteiger partial charge in [-0.05, 0) is 33.5 Å². The monoisotopic (exact) mass is 387 g/mol. The number of thiophene rings is 1. The molecule has 0 radical (unpaired) electrons. The molecule has 0 saturated heterocycles. The van der Waals surface area contributed by atoms with Crippen molar-refractivity contribution in [1.29, 1.82) is 0 Å². The van der Waals surface area contributed by atoms with Crippen molar-refractivity contribution in [3.05, 3.63) is 38.1 Å². The summed E-state index contributed by atoms with van der Waals surface area (Å²) in [6.45, 7) is 4.07. The van der Waals surface area contributed by atoms with Crippen molar-refractivity contribution >= 4 is 50.5 Å². The fourth-order valence-corrected chi connectivity index (χ4v) is 4.12. The number of carbonyl (C=O) groups is 1. The van der Waals surface area contributed by atoms with Gasteiger partial charge in [-0.25, -0.2) is 4.79 Å². The molecule has 0 bridgehead atoms. The maximum atomic E-state index is 11.9. The molecule has 6 heteroatoms. The molecule has 0 atom stereocenters. The minimum Gasteiger partial charge on any atom is -0.465 e. The number of nitrogen functional groups attached to an aromatic ring is 1. The minimum absolute atomic E-state index is 0.171. The Hall–Kier alpha value is -1.04. The van der Waals surface area contributed by atoms with Gasteiger partial charge in [0, 0.05) is 14.9 Å². The lowest BCUT2D eigenvalue weighted by molar-refractivity contribution is 0.0607. The Morgan fingerprint density at radius 2 is 2.10 bits per heavy atom. The van der Waals surface area contributed by atoms with E-state index < -0.39 is 5.97 Å². The first-order chi connectivity index (χ1) is 9.88. The molecular formula is C15H15BrClNO2S. The summed E-state index contributed by atoms with van der Waals surface area (Å²) in [5, 5.41) is 0.608. The highest BCUT2D eigenvalue weighted by molar-refractivity contribution is 9.10. The molecule has 0 spiro atoms. The molecule has 112 valence electrons. The van der Waals surface area contributed by atoms with Crippen LogP contribution < -0.4 is 5.73 Å². The number of rotatable bonds is 3. The van der Waals surface area contributed by atoms with Gasteiger partial charge in [-0.3, -0.25) is 0 Å². The zero-order valence-electron chi connectivity index (χ0n) is 11.9. The molecule has 0 aliphatic carbocycles. The summed E-state index contributed by atoms with van der Waals surface area (Å²) in [7, 11) is 1.35. The third kappa shape index (κ3) is 2.96. The standard InChI is InChI=1S/C15H15BrClNO2S/c1-7(2)10-12(18)14(15(19)20-3)21-13(10)8-5-4-6-9(16)11(8)17/h4-7H,18H2,1-3H3. The summed E-state index contributed by atoms with van der Waals surface area (Å²) in [5.74, 6) is -0.249. The molecule has 0 aliphatic heterocycles. The smallest absolute Gasteiger partial charge is 0.350 e. The fraction of sp³-hybridized carbons (Fsp3) is 0.267. The third-order valence-corrected chi connectivity index (χ3v) is 5.66. The van der Waals surface area contributed by atoms with Crippen molar-refractivity contribution in [1.82, 2.24) is 0 Å². The van der Waals surface area contributed by atoms with Gasteiger partial charge in [-0.1, -0.05) is 37.6 Å². The molecule has 21 heavy (non-hydrogen) atoms. The van der Waals surface area contributed by atoms with E-state index in [-0.39, 0.29) is 5.92 Å². The van der Waals surface area contributed by atoms with Gasteiger partial charge in [0.1, 0.15) is 4.88 Å². The topological polar surface area (TPSA) is 52.3 Å². The minimum atomic E-state index is -0.420. The molecule has 0 amide bonds. The van der Waals surface area contributed by atoms with Crippen LogP contribution in [0.25, 0.3) is 10.4 Å². The van der Waals surface area contributed by atoms with Gasteiger partial charge >= 0.3 is 5.97 Å². The largest absolute Gasteiger partial charge is 0.465 e. The Balaban J connectivity index is 2.74. The van der Waals surface area contributed by atoms with Crippen molar-refractivity contribution in [2.24, 2.45) is 0 Å². The van der Waals surface area contributed by atoms with E-state index in [9.17, 15) is 4.79 Å². The van der Waals surface area contributed by atoms with Crippen LogP contribution in [-0.2, 0) is 4.74 Å². The highest BCUT2D eigenvalue weighted by Gasteiger charge is 2.25. The van der Waals surface area contributed by atoms with E-state index >= 15 is 0 Å². The second-order valence-electron chi connectivity index (χ2n) is 4.84. The second-order valence-corrected chi connectivity index (χ2v) is 7.09. The van der Waals surface area contributed by atoms with Crippen molar-refractivity contribution in [3.63, 3.8) is 0 Å². The van der Waals surface area contributed by atoms with Crippen LogP contribution in [0.2, 0.25) is 5.02 Å². The number of methoxy groups -OCH3 is 1. The molecule has 2 rings (SSSR count). The number of ether oxygens (including phenoxy) is 1. The number of carbonyl (C=O) groups excluding carboxylic acids is 1. The quantitative estimate of drug-likeness (QED) is 0.724. The van der Waals surface area contributed by atoms with Crippen LogP contribution >= 0.6 is 38.9 Å². The van der Waals surface area contributed by atoms with Gasteiger partial charge in [0.15, 0.2) is 0 Å². The number of hydrogen-bond donors (Lipinski definition) is 1. The van der Waals surface area contributed by atoms with Crippen LogP contribution in [-0.4, -0.2) is 13.1 Å². The summed E-state index contributed by atoms with van der Waals surface area (Å²) < 4.78 is 5.61. The van der Waals surface area contributed by atoms with Crippen molar-refractivity contribution in [2.45, 2.75) is 19.8 Å². The Bertz CT molecular complexity index is 697. The zero-order valence-corrected chi connectivity index (χ0v) is 15.0. The Kier molecular flexibility index (Phi) is 4.96. The van der Waals surface area contributed by atoms with E-state index in [0.29, 0.717) is 15.6 Å². The maximum absolute atomic E-state index is 11.9. The first-order valence-corrected chi connectivity index (χ1v) is 8.32. The van der Waals surface area contributed by atoms with Crippen LogP contribution in [0.4, 0.5) is 5.69 Å². The van der Waals surface area contributed by atoms with Crippen LogP contribution in [0.15, 0.2) is 22.7 Å². The highest BCUT2D eigenvalue weighted by Crippen LogP contribution is 2.46. The molecule has 1 aromatic heterocycles. The lowest BCUT2D eigenvalue weighted by atomic mass is 9.98. The normalized spacial score (nSPS) is 11.0. The Morgan fingerprint density at radius 3 is 2.67 bits per heavy atom. The molecule has 0 unspecified atom stereocenters. The van der Waals surface area contributed by atoms with Gasteiger partial charge in [0.05, 0.1) is 17.8 Å². The van der Waals surface area contributed by atoms with Gasteiger partial charge in [-0.2, -0.15) is 0 Å². The number of nitrogens with two attached hydrogens (primary N) is 1. The van der Waals surface area contributed by atoms with E-state index in [1.165, 1.54) is 18.4 Å². The number of benzene rings is 1. The summed E-state index contributed by atoms with van der Waals surface area (Å²) in [6, 6.07) is 5.70. The molecule has 0 fully saturated rings. The summed E-state index contributed by atoms with van der Waals surface area (Å²) in [5.41, 5.74) is 8.43. The number of esters is 1. The first-order valence-electron chi connectivity index (χ1n) is 6.33. The first kappa shape index (κ1) is 16.3. The predicted molar refractivity (Wildman–Crippen MR) is 92.3 cm³/mol. The number of anilines is 1. The zero-order chi connectivity index (χ0) is 15.7. The van der Waals surface area contributed by atoms with E-state index in [1.54, 1.807) is 0 Å². The number of halogens is 2. The van der Waals surface area contributed by atoms with E-state index in [2.05, 4.69) is 15.9 Å². The lowest BCUT2D eigenvalue weighted by Crippen LogP contribution is -2.03. The summed E-state index contributed by atoms with van der Waals surface area (Å²) in [4.78, 5) is 13.2. The van der Waals surface area contributed by atoms with Gasteiger partial charge < -0.3 is 10.5 Å².